The Morgan fingerprint density at radius 2 is 1.83 bits per heavy atom. The van der Waals surface area contributed by atoms with E-state index in [1.54, 1.807) is 54.1 Å². The van der Waals surface area contributed by atoms with Gasteiger partial charge in [-0.1, -0.05) is 58.7 Å². The molecule has 2 aromatic carbocycles. The van der Waals surface area contributed by atoms with E-state index >= 15 is 0 Å². The standard InChI is InChI=1S/C19H16Cl3N5O2S/c1-27-16(9-23-18(29)12-4-2-3-5-13(12)21)25-26-19(27)30-10-17(28)24-15-8-11(20)6-7-14(15)22/h2-8H,9-10H2,1H3,(H,23,29)(H,24,28). The number of carbonyl (C=O) groups is 2. The van der Waals surface area contributed by atoms with Crippen molar-refractivity contribution < 1.29 is 9.59 Å². The summed E-state index contributed by atoms with van der Waals surface area (Å²) in [7, 11) is 1.76. The number of anilines is 1. The minimum Gasteiger partial charge on any atom is -0.345 e. The fourth-order valence-electron chi connectivity index (χ4n) is 2.43. The molecule has 30 heavy (non-hydrogen) atoms. The van der Waals surface area contributed by atoms with Gasteiger partial charge in [0.1, 0.15) is 0 Å². The van der Waals surface area contributed by atoms with E-state index in [2.05, 4.69) is 20.8 Å². The molecule has 0 unspecified atom stereocenters. The number of carbonyl (C=O) groups excluding carboxylic acids is 2. The number of benzene rings is 2. The van der Waals surface area contributed by atoms with Gasteiger partial charge >= 0.3 is 0 Å². The first-order valence-electron chi connectivity index (χ1n) is 8.64. The Bertz CT molecular complexity index is 1090. The van der Waals surface area contributed by atoms with Crippen LogP contribution in [0.15, 0.2) is 47.6 Å². The first kappa shape index (κ1) is 22.4. The molecule has 3 aromatic rings. The maximum Gasteiger partial charge on any atom is 0.253 e. The van der Waals surface area contributed by atoms with Gasteiger partial charge in [0.05, 0.1) is 33.6 Å². The summed E-state index contributed by atoms with van der Waals surface area (Å²) in [5.74, 6) is 0.0633. The van der Waals surface area contributed by atoms with Crippen LogP contribution in [0.1, 0.15) is 16.2 Å². The van der Waals surface area contributed by atoms with Crippen molar-refractivity contribution in [2.24, 2.45) is 7.05 Å². The van der Waals surface area contributed by atoms with Crippen molar-refractivity contribution in [3.63, 3.8) is 0 Å². The molecule has 3 rings (SSSR count). The average molecular weight is 485 g/mol. The molecule has 156 valence electrons. The second kappa shape index (κ2) is 10.2. The van der Waals surface area contributed by atoms with Gasteiger partial charge in [0, 0.05) is 12.1 Å². The van der Waals surface area contributed by atoms with Crippen molar-refractivity contribution in [2.75, 3.05) is 11.1 Å². The van der Waals surface area contributed by atoms with Crippen molar-refractivity contribution in [1.82, 2.24) is 20.1 Å². The zero-order chi connectivity index (χ0) is 21.7. The topological polar surface area (TPSA) is 88.9 Å². The van der Waals surface area contributed by atoms with E-state index in [9.17, 15) is 9.59 Å². The number of thioether (sulfide) groups is 1. The predicted octanol–water partition coefficient (Wildman–Crippen LogP) is 4.44. The van der Waals surface area contributed by atoms with Gasteiger partial charge in [-0.25, -0.2) is 0 Å². The van der Waals surface area contributed by atoms with Gasteiger partial charge in [0.25, 0.3) is 5.91 Å². The largest absolute Gasteiger partial charge is 0.345 e. The maximum atomic E-state index is 12.3. The third kappa shape index (κ3) is 5.66. The number of nitrogens with one attached hydrogen (secondary N) is 2. The molecule has 2 N–H and O–H groups in total. The smallest absolute Gasteiger partial charge is 0.253 e. The lowest BCUT2D eigenvalue weighted by molar-refractivity contribution is -0.113. The summed E-state index contributed by atoms with van der Waals surface area (Å²) >= 11 is 19.2. The lowest BCUT2D eigenvalue weighted by Crippen LogP contribution is -2.24. The molecule has 0 spiro atoms. The lowest BCUT2D eigenvalue weighted by atomic mass is 10.2. The van der Waals surface area contributed by atoms with Crippen LogP contribution in [0, 0.1) is 0 Å². The average Bonchev–Trinajstić information content (AvgIpc) is 3.07. The molecule has 2 amide bonds. The molecular formula is C19H16Cl3N5O2S. The molecule has 0 radical (unpaired) electrons. The number of aromatic nitrogens is 3. The maximum absolute atomic E-state index is 12.3. The minimum absolute atomic E-state index is 0.0980. The second-order valence-corrected chi connectivity index (χ2v) is 8.27. The molecule has 0 saturated heterocycles. The fourth-order valence-corrected chi connectivity index (χ4v) is 3.72. The quantitative estimate of drug-likeness (QED) is 0.484. The highest BCUT2D eigenvalue weighted by Crippen LogP contribution is 2.26. The van der Waals surface area contributed by atoms with E-state index < -0.39 is 0 Å². The van der Waals surface area contributed by atoms with Gasteiger partial charge in [-0.2, -0.15) is 0 Å². The van der Waals surface area contributed by atoms with Crippen LogP contribution in [-0.2, 0) is 18.4 Å². The van der Waals surface area contributed by atoms with Gasteiger partial charge < -0.3 is 15.2 Å². The Kier molecular flexibility index (Phi) is 7.60. The van der Waals surface area contributed by atoms with Gasteiger partial charge in [-0.3, -0.25) is 9.59 Å². The molecule has 0 aliphatic heterocycles. The van der Waals surface area contributed by atoms with Crippen LogP contribution >= 0.6 is 46.6 Å². The van der Waals surface area contributed by atoms with Crippen LogP contribution in [0.2, 0.25) is 15.1 Å². The Morgan fingerprint density at radius 1 is 1.07 bits per heavy atom. The molecule has 1 aromatic heterocycles. The van der Waals surface area contributed by atoms with Crippen molar-refractivity contribution in [2.45, 2.75) is 11.7 Å². The van der Waals surface area contributed by atoms with E-state index in [-0.39, 0.29) is 24.1 Å². The normalized spacial score (nSPS) is 10.7. The van der Waals surface area contributed by atoms with Crippen LogP contribution in [0.3, 0.4) is 0 Å². The molecule has 0 atom stereocenters. The third-order valence-corrected chi connectivity index (χ3v) is 5.90. The van der Waals surface area contributed by atoms with Gasteiger partial charge in [-0.15, -0.1) is 10.2 Å². The molecule has 0 aliphatic carbocycles. The van der Waals surface area contributed by atoms with E-state index in [4.69, 9.17) is 34.8 Å². The summed E-state index contributed by atoms with van der Waals surface area (Å²) in [6.07, 6.45) is 0. The number of hydrogen-bond acceptors (Lipinski definition) is 5. The molecule has 0 aliphatic rings. The molecule has 11 heteroatoms. The Morgan fingerprint density at radius 3 is 2.60 bits per heavy atom. The van der Waals surface area contributed by atoms with Crippen LogP contribution in [0.25, 0.3) is 0 Å². The van der Waals surface area contributed by atoms with E-state index in [0.29, 0.717) is 37.3 Å². The van der Waals surface area contributed by atoms with Crippen molar-refractivity contribution in [1.29, 1.82) is 0 Å². The zero-order valence-electron chi connectivity index (χ0n) is 15.7. The predicted molar refractivity (Wildman–Crippen MR) is 119 cm³/mol. The Balaban J connectivity index is 1.55. The second-order valence-electron chi connectivity index (χ2n) is 6.08. The zero-order valence-corrected chi connectivity index (χ0v) is 18.7. The highest BCUT2D eigenvalue weighted by molar-refractivity contribution is 7.99. The van der Waals surface area contributed by atoms with E-state index in [1.165, 1.54) is 11.8 Å². The monoisotopic (exact) mass is 483 g/mol. The van der Waals surface area contributed by atoms with Gasteiger partial charge in [-0.05, 0) is 30.3 Å². The fraction of sp³-hybridized carbons (Fsp3) is 0.158. The molecule has 7 nitrogen and oxygen atoms in total. The van der Waals surface area contributed by atoms with E-state index in [0.717, 1.165) is 0 Å². The Hall–Kier alpha value is -2.26. The molecule has 0 fully saturated rings. The van der Waals surface area contributed by atoms with Crippen LogP contribution in [-0.4, -0.2) is 32.3 Å². The highest BCUT2D eigenvalue weighted by Gasteiger charge is 2.15. The van der Waals surface area contributed by atoms with Gasteiger partial charge in [0.15, 0.2) is 11.0 Å². The highest BCUT2D eigenvalue weighted by atomic mass is 35.5. The van der Waals surface area contributed by atoms with Crippen LogP contribution < -0.4 is 10.6 Å². The summed E-state index contributed by atoms with van der Waals surface area (Å²) < 4.78 is 1.71. The number of nitrogens with zero attached hydrogens (tertiary/aromatic N) is 3. The number of rotatable bonds is 7. The first-order chi connectivity index (χ1) is 14.3. The first-order valence-corrected chi connectivity index (χ1v) is 10.8. The van der Waals surface area contributed by atoms with Crippen molar-refractivity contribution in [3.8, 4) is 0 Å². The SMILES string of the molecule is Cn1c(CNC(=O)c2ccccc2Cl)nnc1SCC(=O)Nc1cc(Cl)ccc1Cl. The summed E-state index contributed by atoms with van der Waals surface area (Å²) in [6, 6.07) is 11.6. The minimum atomic E-state index is -0.310. The van der Waals surface area contributed by atoms with Crippen molar-refractivity contribution >= 4 is 64.1 Å². The summed E-state index contributed by atoms with van der Waals surface area (Å²) in [5, 5.41) is 15.4. The summed E-state index contributed by atoms with van der Waals surface area (Å²) in [6.45, 7) is 0.165. The molecule has 1 heterocycles. The summed E-state index contributed by atoms with van der Waals surface area (Å²) in [5.41, 5.74) is 0.822. The molecular weight excluding hydrogens is 469 g/mol. The molecule has 0 bridgehead atoms. The molecule has 0 saturated carbocycles. The van der Waals surface area contributed by atoms with Crippen LogP contribution in [0.4, 0.5) is 5.69 Å². The summed E-state index contributed by atoms with van der Waals surface area (Å²) in [4.78, 5) is 24.5. The van der Waals surface area contributed by atoms with Crippen molar-refractivity contribution in [3.05, 3.63) is 68.9 Å². The Labute approximate surface area is 192 Å². The lowest BCUT2D eigenvalue weighted by Gasteiger charge is -2.08. The number of amides is 2. The van der Waals surface area contributed by atoms with E-state index in [1.807, 2.05) is 0 Å². The number of halogens is 3. The van der Waals surface area contributed by atoms with Crippen LogP contribution in [0.5, 0.6) is 0 Å². The number of hydrogen-bond donors (Lipinski definition) is 2. The third-order valence-electron chi connectivity index (χ3n) is 3.99. The van der Waals surface area contributed by atoms with Gasteiger partial charge in [0.2, 0.25) is 5.91 Å².